The third kappa shape index (κ3) is 5.34. The van der Waals surface area contributed by atoms with Gasteiger partial charge in [0, 0.05) is 42.7 Å². The first kappa shape index (κ1) is 26.5. The fourth-order valence-electron chi connectivity index (χ4n) is 7.26. The van der Waals surface area contributed by atoms with E-state index in [-0.39, 0.29) is 29.9 Å². The zero-order valence-corrected chi connectivity index (χ0v) is 23.2. The molecule has 6 rings (SSSR count). The molecule has 2 aromatic carbocycles. The molecule has 1 saturated heterocycles. The van der Waals surface area contributed by atoms with Crippen molar-refractivity contribution in [3.05, 3.63) is 84.0 Å². The summed E-state index contributed by atoms with van der Waals surface area (Å²) >= 11 is 0. The van der Waals surface area contributed by atoms with Crippen molar-refractivity contribution in [1.82, 2.24) is 15.5 Å². The van der Waals surface area contributed by atoms with Crippen LogP contribution in [0, 0.1) is 17.8 Å². The number of carbonyl (C=O) groups excluding carboxylic acids is 2. The third-order valence-corrected chi connectivity index (χ3v) is 9.28. The number of likely N-dealkylation sites (tertiary alicyclic amines) is 1. The Hall–Kier alpha value is -3.74. The second kappa shape index (κ2) is 11.8. The number of urea groups is 1. The van der Waals surface area contributed by atoms with Gasteiger partial charge in [-0.15, -0.1) is 0 Å². The lowest BCUT2D eigenvalue weighted by Crippen LogP contribution is -2.52. The minimum Gasteiger partial charge on any atom is -0.497 e. The molecule has 0 spiro atoms. The first-order chi connectivity index (χ1) is 19.6. The Morgan fingerprint density at radius 2 is 1.85 bits per heavy atom. The molecule has 2 heterocycles. The Kier molecular flexibility index (Phi) is 7.80. The van der Waals surface area contributed by atoms with Crippen molar-refractivity contribution in [2.24, 2.45) is 17.8 Å². The maximum atomic E-state index is 14.3. The molecule has 2 aliphatic heterocycles. The highest BCUT2D eigenvalue weighted by atomic mass is 16.5. The summed E-state index contributed by atoms with van der Waals surface area (Å²) < 4.78 is 5.22. The van der Waals surface area contributed by atoms with Crippen LogP contribution in [0.1, 0.15) is 55.7 Å². The van der Waals surface area contributed by atoms with Gasteiger partial charge in [-0.1, -0.05) is 67.5 Å². The highest BCUT2D eigenvalue weighted by molar-refractivity contribution is 5.82. The number of para-hydroxylation sites is 1. The van der Waals surface area contributed by atoms with Crippen molar-refractivity contribution in [3.63, 3.8) is 0 Å². The van der Waals surface area contributed by atoms with Crippen LogP contribution in [0.2, 0.25) is 0 Å². The van der Waals surface area contributed by atoms with Gasteiger partial charge in [-0.2, -0.15) is 0 Å². The molecule has 0 bridgehead atoms. The standard InChI is InChI=1S/C33H40N4O3/c1-40-24-17-15-22(16-18-24)21-34-33(39)36-29-14-8-6-12-26(29)32(38)37-20-19-27-30(23-9-3-2-4-10-23)35-28-13-7-5-11-25(28)31(27)37/h2-5,7,9,11,13,15-18,23,26-27,29-31,35H,6,8,10,12,14,19-21H2,1H3,(H2,34,36,39)/t23?,26-,27+,29+,30-,31-/m0/s1. The largest absolute Gasteiger partial charge is 0.497 e. The lowest BCUT2D eigenvalue weighted by atomic mass is 9.75. The lowest BCUT2D eigenvalue weighted by molar-refractivity contribution is -0.138. The molecule has 7 nitrogen and oxygen atoms in total. The number of anilines is 1. The molecule has 7 heteroatoms. The number of carbonyl (C=O) groups is 2. The van der Waals surface area contributed by atoms with Crippen LogP contribution >= 0.6 is 0 Å². The predicted octanol–water partition coefficient (Wildman–Crippen LogP) is 5.57. The molecular weight excluding hydrogens is 500 g/mol. The summed E-state index contributed by atoms with van der Waals surface area (Å²) in [5.74, 6) is 1.57. The van der Waals surface area contributed by atoms with E-state index >= 15 is 0 Å². The predicted molar refractivity (Wildman–Crippen MR) is 157 cm³/mol. The lowest BCUT2D eigenvalue weighted by Gasteiger charge is -2.44. The van der Waals surface area contributed by atoms with Crippen LogP contribution in [0.3, 0.4) is 0 Å². The first-order valence-electron chi connectivity index (χ1n) is 14.8. The second-order valence-corrected chi connectivity index (χ2v) is 11.6. The van der Waals surface area contributed by atoms with Crippen molar-refractivity contribution >= 4 is 17.6 Å². The highest BCUT2D eigenvalue weighted by Crippen LogP contribution is 2.49. The summed E-state index contributed by atoms with van der Waals surface area (Å²) in [5.41, 5.74) is 3.37. The van der Waals surface area contributed by atoms with E-state index in [9.17, 15) is 9.59 Å². The van der Waals surface area contributed by atoms with E-state index in [2.05, 4.69) is 69.4 Å². The van der Waals surface area contributed by atoms with Crippen molar-refractivity contribution < 1.29 is 14.3 Å². The second-order valence-electron chi connectivity index (χ2n) is 11.6. The number of hydrogen-bond acceptors (Lipinski definition) is 4. The minimum atomic E-state index is -0.218. The summed E-state index contributed by atoms with van der Waals surface area (Å²) in [6.45, 7) is 1.19. The summed E-state index contributed by atoms with van der Waals surface area (Å²) in [7, 11) is 1.64. The van der Waals surface area contributed by atoms with Crippen LogP contribution in [-0.2, 0) is 11.3 Å². The molecule has 6 atom stereocenters. The van der Waals surface area contributed by atoms with Crippen molar-refractivity contribution in [2.45, 2.75) is 63.2 Å². The van der Waals surface area contributed by atoms with Crippen LogP contribution in [0.4, 0.5) is 10.5 Å². The molecule has 40 heavy (non-hydrogen) atoms. The normalized spacial score (nSPS) is 28.7. The van der Waals surface area contributed by atoms with Crippen LogP contribution < -0.4 is 20.7 Å². The molecule has 0 radical (unpaired) electrons. The van der Waals surface area contributed by atoms with Crippen LogP contribution in [0.15, 0.2) is 72.8 Å². The van der Waals surface area contributed by atoms with Gasteiger partial charge in [-0.25, -0.2) is 4.79 Å². The van der Waals surface area contributed by atoms with Crippen LogP contribution in [0.25, 0.3) is 0 Å². The first-order valence-corrected chi connectivity index (χ1v) is 14.8. The molecule has 4 aliphatic rings. The topological polar surface area (TPSA) is 82.7 Å². The SMILES string of the molecule is COc1ccc(CNC(=O)N[C@@H]2CCCC[C@@H]2C(=O)N2CC[C@@H]3[C@H](C4C=CC=CC4)Nc4ccccc4[C@@H]32)cc1. The molecular formula is C33H40N4O3. The number of amides is 3. The summed E-state index contributed by atoms with van der Waals surface area (Å²) in [6, 6.07) is 16.1. The average Bonchev–Trinajstić information content (AvgIpc) is 3.46. The zero-order valence-electron chi connectivity index (χ0n) is 23.2. The summed E-state index contributed by atoms with van der Waals surface area (Å²) in [6.07, 6.45) is 14.5. The van der Waals surface area contributed by atoms with Crippen LogP contribution in [0.5, 0.6) is 5.75 Å². The van der Waals surface area contributed by atoms with E-state index in [1.807, 2.05) is 24.3 Å². The van der Waals surface area contributed by atoms with Gasteiger partial charge in [0.1, 0.15) is 5.75 Å². The minimum absolute atomic E-state index is 0.0701. The number of allylic oxidation sites excluding steroid dienone is 3. The monoisotopic (exact) mass is 540 g/mol. The molecule has 210 valence electrons. The number of hydrogen-bond donors (Lipinski definition) is 3. The summed E-state index contributed by atoms with van der Waals surface area (Å²) in [5, 5.41) is 9.99. The number of fused-ring (bicyclic) bond motifs is 3. The maximum absolute atomic E-state index is 14.3. The zero-order chi connectivity index (χ0) is 27.5. The van der Waals surface area contributed by atoms with Gasteiger partial charge in [0.2, 0.25) is 5.91 Å². The molecule has 1 saturated carbocycles. The Morgan fingerprint density at radius 1 is 1.02 bits per heavy atom. The number of nitrogens with zero attached hydrogens (tertiary/aromatic N) is 1. The Balaban J connectivity index is 1.16. The quantitative estimate of drug-likeness (QED) is 0.448. The van der Waals surface area contributed by atoms with Gasteiger partial charge in [-0.3, -0.25) is 4.79 Å². The van der Waals surface area contributed by atoms with Crippen molar-refractivity contribution in [1.29, 1.82) is 0 Å². The molecule has 2 aromatic rings. The smallest absolute Gasteiger partial charge is 0.315 e. The Bertz CT molecular complexity index is 1270. The van der Waals surface area contributed by atoms with E-state index in [4.69, 9.17) is 4.74 Å². The van der Waals surface area contributed by atoms with E-state index in [0.29, 0.717) is 24.4 Å². The molecule has 3 amide bonds. The van der Waals surface area contributed by atoms with E-state index < -0.39 is 0 Å². The molecule has 2 fully saturated rings. The average molecular weight is 541 g/mol. The number of methoxy groups -OCH3 is 1. The van der Waals surface area contributed by atoms with Gasteiger partial charge < -0.3 is 25.6 Å². The van der Waals surface area contributed by atoms with Crippen LogP contribution in [-0.4, -0.2) is 42.6 Å². The molecule has 1 unspecified atom stereocenters. The number of rotatable bonds is 6. The van der Waals surface area contributed by atoms with Crippen molar-refractivity contribution in [3.8, 4) is 5.75 Å². The van der Waals surface area contributed by atoms with Gasteiger partial charge >= 0.3 is 6.03 Å². The number of benzene rings is 2. The van der Waals surface area contributed by atoms with Gasteiger partial charge in [0.05, 0.1) is 19.1 Å². The molecule has 2 aliphatic carbocycles. The fraction of sp³-hybridized carbons (Fsp3) is 0.455. The van der Waals surface area contributed by atoms with Gasteiger partial charge in [0.15, 0.2) is 0 Å². The van der Waals surface area contributed by atoms with Crippen molar-refractivity contribution in [2.75, 3.05) is 19.0 Å². The Labute approximate surface area is 237 Å². The van der Waals surface area contributed by atoms with E-state index in [0.717, 1.165) is 62.1 Å². The maximum Gasteiger partial charge on any atom is 0.315 e. The number of nitrogens with one attached hydrogen (secondary N) is 3. The van der Waals surface area contributed by atoms with Gasteiger partial charge in [-0.05, 0) is 55.0 Å². The van der Waals surface area contributed by atoms with E-state index in [1.54, 1.807) is 7.11 Å². The third-order valence-electron chi connectivity index (χ3n) is 9.28. The van der Waals surface area contributed by atoms with Gasteiger partial charge in [0.25, 0.3) is 0 Å². The highest BCUT2D eigenvalue weighted by Gasteiger charge is 2.49. The van der Waals surface area contributed by atoms with E-state index in [1.165, 1.54) is 5.56 Å². The molecule has 0 aromatic heterocycles. The summed E-state index contributed by atoms with van der Waals surface area (Å²) in [4.78, 5) is 29.3. The fourth-order valence-corrected chi connectivity index (χ4v) is 7.26. The number of ether oxygens (including phenoxy) is 1. The molecule has 3 N–H and O–H groups in total. The Morgan fingerprint density at radius 3 is 2.65 bits per heavy atom.